The summed E-state index contributed by atoms with van der Waals surface area (Å²) in [6.07, 6.45) is 1.46. The number of aromatic nitrogens is 6. The summed E-state index contributed by atoms with van der Waals surface area (Å²) in [4.78, 5) is 70.9. The molecule has 0 radical (unpaired) electrons. The van der Waals surface area contributed by atoms with Gasteiger partial charge in [-0.3, -0.25) is 14.1 Å². The fourth-order valence-corrected chi connectivity index (χ4v) is 6.27. The zero-order chi connectivity index (χ0) is 45.8. The Hall–Kier alpha value is -8.77. The van der Waals surface area contributed by atoms with Crippen molar-refractivity contribution < 1.29 is 52.6 Å². The molecule has 0 aliphatic rings. The second-order valence-electron chi connectivity index (χ2n) is 13.3. The van der Waals surface area contributed by atoms with Crippen molar-refractivity contribution >= 4 is 105 Å². The fourth-order valence-electron chi connectivity index (χ4n) is 5.56. The predicted molar refractivity (Wildman–Crippen MR) is 232 cm³/mol. The number of rotatable bonds is 21. The Morgan fingerprint density at radius 2 is 0.875 bits per heavy atom. The molecule has 64 heavy (non-hydrogen) atoms. The molecule has 328 valence electrons. The van der Waals surface area contributed by atoms with Gasteiger partial charge in [0, 0.05) is 22.7 Å². The van der Waals surface area contributed by atoms with E-state index >= 15 is 0 Å². The van der Waals surface area contributed by atoms with Crippen LogP contribution in [0.2, 0.25) is 0 Å². The maximum absolute atomic E-state index is 12.6. The highest BCUT2D eigenvalue weighted by molar-refractivity contribution is 7.86. The zero-order valence-electron chi connectivity index (χ0n) is 32.8. The average molecular weight is 893 g/mol. The third-order valence-electron chi connectivity index (χ3n) is 8.46. The van der Waals surface area contributed by atoms with Crippen molar-refractivity contribution in [1.29, 1.82) is 0 Å². The molecule has 6 aromatic rings. The summed E-state index contributed by atoms with van der Waals surface area (Å²) in [5, 5.41) is 54.2. The van der Waals surface area contributed by atoms with Crippen LogP contribution in [-0.4, -0.2) is 99.3 Å². The monoisotopic (exact) mass is 892 g/mol. The summed E-state index contributed by atoms with van der Waals surface area (Å²) >= 11 is 0. The van der Waals surface area contributed by atoms with Crippen LogP contribution in [0, 0.1) is 0 Å². The van der Waals surface area contributed by atoms with E-state index in [1.165, 1.54) is 18.2 Å². The van der Waals surface area contributed by atoms with E-state index in [4.69, 9.17) is 0 Å². The van der Waals surface area contributed by atoms with Gasteiger partial charge in [0.15, 0.2) is 0 Å². The Balaban J connectivity index is 1.22. The highest BCUT2D eigenvalue weighted by atomic mass is 32.2. The van der Waals surface area contributed by atoms with Crippen LogP contribution in [0.5, 0.6) is 0 Å². The second-order valence-corrected chi connectivity index (χ2v) is 14.7. The molecule has 0 spiro atoms. The Morgan fingerprint density at radius 3 is 1.27 bits per heavy atom. The van der Waals surface area contributed by atoms with Gasteiger partial charge in [-0.1, -0.05) is 66.7 Å². The van der Waals surface area contributed by atoms with E-state index in [9.17, 15) is 52.6 Å². The standard InChI is InChI=1S/C40H36N12O11S/c53-31(54)20-28(33(57)58)45-39-49-35(41-24-7-3-1-4-8-24)47-37(51-39)43-26-16-12-22(13-17-26)11-14-23-15-18-27(19-30(23)64(61,62)63)44-38-48-36(42-25-9-5-2-6-10-25)50-40(52-38)46-29(34(59)60)21-32(55)56/h1-19,28-29H,20-21H2,(H,53,54)(H,55,56)(H,57,58)(H,59,60)(H,61,62,63)(H3,41,43,45,47,49,51)(H3,42,44,46,48,50,52)/b14-11+. The minimum absolute atomic E-state index is 0.0165. The van der Waals surface area contributed by atoms with Crippen molar-refractivity contribution in [3.63, 3.8) is 0 Å². The van der Waals surface area contributed by atoms with Crippen molar-refractivity contribution in [2.24, 2.45) is 0 Å². The first-order valence-electron chi connectivity index (χ1n) is 18.6. The van der Waals surface area contributed by atoms with E-state index in [1.54, 1.807) is 91.0 Å². The van der Waals surface area contributed by atoms with Gasteiger partial charge in [-0.15, -0.1) is 0 Å². The molecule has 0 bridgehead atoms. The van der Waals surface area contributed by atoms with Crippen LogP contribution in [0.25, 0.3) is 12.2 Å². The maximum atomic E-state index is 12.6. The summed E-state index contributed by atoms with van der Waals surface area (Å²) in [5.74, 6) is -6.49. The number of benzene rings is 4. The fraction of sp³-hybridized carbons (Fsp3) is 0.100. The summed E-state index contributed by atoms with van der Waals surface area (Å²) in [6, 6.07) is 24.9. The van der Waals surface area contributed by atoms with Gasteiger partial charge in [-0.05, 0) is 59.7 Å². The van der Waals surface area contributed by atoms with Gasteiger partial charge in [0.2, 0.25) is 35.7 Å². The number of anilines is 10. The molecule has 0 aliphatic heterocycles. The molecule has 0 saturated heterocycles. The van der Waals surface area contributed by atoms with Gasteiger partial charge in [-0.2, -0.15) is 38.3 Å². The zero-order valence-corrected chi connectivity index (χ0v) is 33.6. The molecule has 0 fully saturated rings. The summed E-state index contributed by atoms with van der Waals surface area (Å²) in [5.41, 5.74) is 2.38. The molecule has 2 aromatic heterocycles. The number of carboxylic acid groups (broad SMARTS) is 4. The lowest BCUT2D eigenvalue weighted by molar-refractivity contribution is -0.144. The summed E-state index contributed by atoms with van der Waals surface area (Å²) in [7, 11) is -4.82. The first-order valence-corrected chi connectivity index (χ1v) is 20.0. The molecular weight excluding hydrogens is 857 g/mol. The van der Waals surface area contributed by atoms with Gasteiger partial charge < -0.3 is 52.3 Å². The topological polar surface area (TPSA) is 353 Å². The first-order chi connectivity index (χ1) is 30.6. The Labute approximate surface area is 362 Å². The molecule has 4 aromatic carbocycles. The van der Waals surface area contributed by atoms with Crippen LogP contribution < -0.4 is 31.9 Å². The lowest BCUT2D eigenvalue weighted by Crippen LogP contribution is -2.32. The van der Waals surface area contributed by atoms with Crippen LogP contribution in [-0.2, 0) is 29.3 Å². The molecule has 2 unspecified atom stereocenters. The highest BCUT2D eigenvalue weighted by Gasteiger charge is 2.24. The SMILES string of the molecule is O=C(O)CC(Nc1nc(Nc2ccccc2)nc(Nc2ccc(/C=C/c3ccc(Nc4nc(Nc5ccccc5)nc(NC(CC(=O)O)C(=O)O)n4)cc3S(=O)(=O)O)cc2)n1)C(=O)O. The predicted octanol–water partition coefficient (Wildman–Crippen LogP) is 5.13. The smallest absolute Gasteiger partial charge is 0.326 e. The van der Waals surface area contributed by atoms with Crippen LogP contribution in [0.1, 0.15) is 24.0 Å². The Bertz CT molecular complexity index is 2800. The Kier molecular flexibility index (Phi) is 14.1. The van der Waals surface area contributed by atoms with Crippen LogP contribution in [0.15, 0.2) is 108 Å². The number of nitrogens with zero attached hydrogens (tertiary/aromatic N) is 6. The largest absolute Gasteiger partial charge is 0.481 e. The van der Waals surface area contributed by atoms with Crippen molar-refractivity contribution in [1.82, 2.24) is 29.9 Å². The molecular formula is C40H36N12O11S. The van der Waals surface area contributed by atoms with Crippen molar-refractivity contribution in [2.75, 3.05) is 31.9 Å². The van der Waals surface area contributed by atoms with Gasteiger partial charge >= 0.3 is 23.9 Å². The molecule has 0 saturated carbocycles. The number of para-hydroxylation sites is 2. The van der Waals surface area contributed by atoms with E-state index < -0.39 is 63.8 Å². The number of hydrogen-bond acceptors (Lipinski definition) is 18. The molecule has 6 rings (SSSR count). The molecule has 2 heterocycles. The van der Waals surface area contributed by atoms with Crippen molar-refractivity contribution in [3.05, 3.63) is 114 Å². The minimum Gasteiger partial charge on any atom is -0.481 e. The van der Waals surface area contributed by atoms with Crippen LogP contribution in [0.3, 0.4) is 0 Å². The highest BCUT2D eigenvalue weighted by Crippen LogP contribution is 2.27. The van der Waals surface area contributed by atoms with Crippen molar-refractivity contribution in [3.8, 4) is 0 Å². The van der Waals surface area contributed by atoms with E-state index in [0.29, 0.717) is 22.6 Å². The van der Waals surface area contributed by atoms with Crippen molar-refractivity contribution in [2.45, 2.75) is 29.8 Å². The molecule has 23 nitrogen and oxygen atoms in total. The number of nitrogens with one attached hydrogen (secondary N) is 6. The van der Waals surface area contributed by atoms with Gasteiger partial charge in [-0.25, -0.2) is 9.59 Å². The quantitative estimate of drug-likeness (QED) is 0.0329. The van der Waals surface area contributed by atoms with Gasteiger partial charge in [0.05, 0.1) is 12.8 Å². The van der Waals surface area contributed by atoms with Gasteiger partial charge in [0.1, 0.15) is 17.0 Å². The number of hydrogen-bond donors (Lipinski definition) is 11. The normalized spacial score (nSPS) is 12.1. The van der Waals surface area contributed by atoms with E-state index in [2.05, 4.69) is 61.8 Å². The van der Waals surface area contributed by atoms with E-state index in [0.717, 1.165) is 6.07 Å². The molecule has 0 amide bonds. The van der Waals surface area contributed by atoms with Crippen LogP contribution in [0.4, 0.5) is 58.4 Å². The first kappa shape index (κ1) is 44.8. The molecule has 0 aliphatic carbocycles. The lowest BCUT2D eigenvalue weighted by Gasteiger charge is -2.15. The number of carbonyl (C=O) groups is 4. The number of carboxylic acids is 4. The molecule has 2 atom stereocenters. The lowest BCUT2D eigenvalue weighted by atomic mass is 10.1. The van der Waals surface area contributed by atoms with E-state index in [-0.39, 0.29) is 46.9 Å². The van der Waals surface area contributed by atoms with Crippen LogP contribution >= 0.6 is 0 Å². The molecule has 11 N–H and O–H groups in total. The number of aliphatic carboxylic acids is 4. The summed E-state index contributed by atoms with van der Waals surface area (Å²) < 4.78 is 35.4. The molecule has 24 heteroatoms. The third kappa shape index (κ3) is 13.1. The maximum Gasteiger partial charge on any atom is 0.326 e. The second kappa shape index (κ2) is 20.2. The average Bonchev–Trinajstić information content (AvgIpc) is 3.23. The van der Waals surface area contributed by atoms with E-state index in [1.807, 2.05) is 0 Å². The summed E-state index contributed by atoms with van der Waals surface area (Å²) in [6.45, 7) is 0. The third-order valence-corrected chi connectivity index (χ3v) is 9.37. The Morgan fingerprint density at radius 1 is 0.500 bits per heavy atom. The van der Waals surface area contributed by atoms with Gasteiger partial charge in [0.25, 0.3) is 10.1 Å². The minimum atomic E-state index is -4.82.